The second-order valence-corrected chi connectivity index (χ2v) is 15.3. The number of benzene rings is 2. The van der Waals surface area contributed by atoms with E-state index in [1.807, 2.05) is 13.8 Å². The van der Waals surface area contributed by atoms with E-state index in [1.165, 1.54) is 30.2 Å². The number of nitrogens with zero attached hydrogens (tertiary/aromatic N) is 3. The number of piperidine rings is 2. The van der Waals surface area contributed by atoms with Gasteiger partial charge in [-0.2, -0.15) is 4.98 Å². The summed E-state index contributed by atoms with van der Waals surface area (Å²) in [4.78, 5) is 11.9. The molecule has 3 aromatic rings. The van der Waals surface area contributed by atoms with Gasteiger partial charge in [-0.1, -0.05) is 23.7 Å². The number of hydrogen-bond donors (Lipinski definition) is 3. The Balaban J connectivity index is 1.37. The minimum Gasteiger partial charge on any atom is -0.489 e. The van der Waals surface area contributed by atoms with Gasteiger partial charge in [0.1, 0.15) is 10.8 Å². The third kappa shape index (κ3) is 7.47. The van der Waals surface area contributed by atoms with E-state index in [1.54, 1.807) is 38.1 Å². The number of aromatic nitrogens is 2. The van der Waals surface area contributed by atoms with E-state index in [0.717, 1.165) is 50.5 Å². The number of ether oxygens (including phenoxy) is 1. The van der Waals surface area contributed by atoms with Crippen LogP contribution in [0.1, 0.15) is 70.4 Å². The van der Waals surface area contributed by atoms with Gasteiger partial charge >= 0.3 is 0 Å². The lowest BCUT2D eigenvalue weighted by Gasteiger charge is -2.40. The van der Waals surface area contributed by atoms with Crippen molar-refractivity contribution in [2.75, 3.05) is 36.8 Å². The van der Waals surface area contributed by atoms with Crippen molar-refractivity contribution < 1.29 is 13.2 Å². The summed E-state index contributed by atoms with van der Waals surface area (Å²) in [5, 5.41) is 9.64. The van der Waals surface area contributed by atoms with Crippen molar-refractivity contribution in [2.45, 2.75) is 88.5 Å². The number of sulfone groups is 1. The van der Waals surface area contributed by atoms with Crippen molar-refractivity contribution in [1.29, 1.82) is 0 Å². The first-order valence-electron chi connectivity index (χ1n) is 15.7. The minimum absolute atomic E-state index is 0.0179. The highest BCUT2D eigenvalue weighted by atomic mass is 35.5. The number of nitrogens with one attached hydrogen (secondary N) is 3. The maximum absolute atomic E-state index is 13.0. The molecule has 0 unspecified atom stereocenters. The van der Waals surface area contributed by atoms with Crippen LogP contribution >= 0.6 is 11.6 Å². The Morgan fingerprint density at radius 1 is 1.00 bits per heavy atom. The third-order valence-corrected chi connectivity index (χ3v) is 11.1. The van der Waals surface area contributed by atoms with Gasteiger partial charge in [0.25, 0.3) is 0 Å². The van der Waals surface area contributed by atoms with Crippen LogP contribution in [0.4, 0.5) is 23.1 Å². The zero-order valence-electron chi connectivity index (χ0n) is 26.4. The molecule has 3 N–H and O–H groups in total. The first kappa shape index (κ1) is 32.5. The van der Waals surface area contributed by atoms with E-state index in [0.29, 0.717) is 29.4 Å². The van der Waals surface area contributed by atoms with Crippen LogP contribution in [0.25, 0.3) is 0 Å². The van der Waals surface area contributed by atoms with E-state index >= 15 is 0 Å². The molecule has 0 amide bonds. The van der Waals surface area contributed by atoms with E-state index in [9.17, 15) is 8.42 Å². The minimum atomic E-state index is -3.53. The molecule has 2 fully saturated rings. The zero-order valence-corrected chi connectivity index (χ0v) is 27.9. The van der Waals surface area contributed by atoms with E-state index in [4.69, 9.17) is 16.3 Å². The van der Waals surface area contributed by atoms with Gasteiger partial charge in [0.2, 0.25) is 5.95 Å². The highest BCUT2D eigenvalue weighted by Gasteiger charge is 2.28. The molecular weight excluding hydrogens is 596 g/mol. The fourth-order valence-corrected chi connectivity index (χ4v) is 7.52. The smallest absolute Gasteiger partial charge is 0.229 e. The molecule has 5 rings (SSSR count). The summed E-state index contributed by atoms with van der Waals surface area (Å²) in [6, 6.07) is 11.8. The summed E-state index contributed by atoms with van der Waals surface area (Å²) in [5.74, 6) is 1.86. The van der Waals surface area contributed by atoms with Crippen LogP contribution in [0.2, 0.25) is 5.02 Å². The van der Waals surface area contributed by atoms with Crippen LogP contribution < -0.4 is 20.7 Å². The van der Waals surface area contributed by atoms with Crippen molar-refractivity contribution in [1.82, 2.24) is 20.2 Å². The van der Waals surface area contributed by atoms with Crippen LogP contribution in [0.15, 0.2) is 47.5 Å². The molecule has 238 valence electrons. The molecule has 2 saturated heterocycles. The van der Waals surface area contributed by atoms with Crippen molar-refractivity contribution >= 4 is 44.6 Å². The van der Waals surface area contributed by atoms with Gasteiger partial charge in [0.15, 0.2) is 15.7 Å². The van der Waals surface area contributed by atoms with Gasteiger partial charge < -0.3 is 25.6 Å². The Morgan fingerprint density at radius 3 is 2.39 bits per heavy atom. The van der Waals surface area contributed by atoms with Crippen LogP contribution in [0, 0.1) is 6.92 Å². The summed E-state index contributed by atoms with van der Waals surface area (Å²) in [6.45, 7) is 14.0. The molecule has 2 aliphatic rings. The van der Waals surface area contributed by atoms with E-state index in [2.05, 4.69) is 49.9 Å². The fourth-order valence-electron chi connectivity index (χ4n) is 6.18. The Morgan fingerprint density at radius 2 is 1.70 bits per heavy atom. The van der Waals surface area contributed by atoms with Crippen LogP contribution in [-0.4, -0.2) is 66.9 Å². The molecule has 2 aromatic carbocycles. The van der Waals surface area contributed by atoms with Gasteiger partial charge in [0, 0.05) is 6.04 Å². The average Bonchev–Trinajstić information content (AvgIpc) is 3.00. The van der Waals surface area contributed by atoms with Crippen molar-refractivity contribution in [2.24, 2.45) is 0 Å². The normalized spacial score (nSPS) is 17.3. The standard InChI is InChI=1S/C33H45ClN6O3S/c1-21(2)43-30-19-26(24-12-16-40(17-13-24)25-10-14-35-15-11-25)23(5)18-29(30)38-33-36-20-27(34)32(39-33)37-28-8-6-7-9-31(28)44(41,42)22(3)4/h6-9,18-22,24-25,35H,10-17H2,1-5H3,(H2,36,37,38,39). The van der Waals surface area contributed by atoms with Crippen LogP contribution in [-0.2, 0) is 9.84 Å². The molecule has 0 saturated carbocycles. The molecule has 11 heteroatoms. The van der Waals surface area contributed by atoms with Gasteiger partial charge in [-0.15, -0.1) is 0 Å². The monoisotopic (exact) mass is 640 g/mol. The molecule has 0 bridgehead atoms. The average molecular weight is 641 g/mol. The number of likely N-dealkylation sites (tertiary alicyclic amines) is 1. The second kappa shape index (κ2) is 14.0. The van der Waals surface area contributed by atoms with Crippen molar-refractivity contribution in [3.63, 3.8) is 0 Å². The number of halogens is 1. The Kier molecular flexibility index (Phi) is 10.3. The number of hydrogen-bond acceptors (Lipinski definition) is 9. The molecule has 0 atom stereocenters. The highest BCUT2D eigenvalue weighted by molar-refractivity contribution is 7.92. The SMILES string of the molecule is Cc1cc(Nc2ncc(Cl)c(Nc3ccccc3S(=O)(=O)C(C)C)n2)c(OC(C)C)cc1C1CCN(C2CCNCC2)CC1. The first-order valence-corrected chi connectivity index (χ1v) is 17.6. The topological polar surface area (TPSA) is 108 Å². The summed E-state index contributed by atoms with van der Waals surface area (Å²) in [6.07, 6.45) is 6.24. The maximum Gasteiger partial charge on any atom is 0.229 e. The van der Waals surface area contributed by atoms with E-state index in [-0.39, 0.29) is 16.0 Å². The molecular formula is C33H45ClN6O3S. The second-order valence-electron chi connectivity index (χ2n) is 12.4. The fraction of sp³-hybridized carbons (Fsp3) is 0.515. The van der Waals surface area contributed by atoms with Crippen molar-refractivity contribution in [3.05, 3.63) is 58.7 Å². The lowest BCUT2D eigenvalue weighted by Crippen LogP contribution is -2.46. The summed E-state index contributed by atoms with van der Waals surface area (Å²) in [7, 11) is -3.53. The molecule has 3 heterocycles. The number of rotatable bonds is 10. The molecule has 9 nitrogen and oxygen atoms in total. The molecule has 44 heavy (non-hydrogen) atoms. The molecule has 0 aliphatic carbocycles. The van der Waals surface area contributed by atoms with E-state index < -0.39 is 15.1 Å². The summed E-state index contributed by atoms with van der Waals surface area (Å²) < 4.78 is 32.3. The zero-order chi connectivity index (χ0) is 31.4. The maximum atomic E-state index is 13.0. The highest BCUT2D eigenvalue weighted by Crippen LogP contribution is 2.39. The van der Waals surface area contributed by atoms with Crippen LogP contribution in [0.5, 0.6) is 5.75 Å². The van der Waals surface area contributed by atoms with Gasteiger partial charge in [-0.25, -0.2) is 13.4 Å². The van der Waals surface area contributed by atoms with Crippen LogP contribution in [0.3, 0.4) is 0 Å². The Labute approximate surface area is 267 Å². The summed E-state index contributed by atoms with van der Waals surface area (Å²) >= 11 is 6.47. The molecule has 1 aromatic heterocycles. The first-order chi connectivity index (χ1) is 21.0. The van der Waals surface area contributed by atoms with Crippen molar-refractivity contribution in [3.8, 4) is 5.75 Å². The number of para-hydroxylation sites is 1. The lowest BCUT2D eigenvalue weighted by molar-refractivity contribution is 0.126. The van der Waals surface area contributed by atoms with Gasteiger partial charge in [-0.05, 0) is 128 Å². The third-order valence-electron chi connectivity index (χ3n) is 8.58. The summed E-state index contributed by atoms with van der Waals surface area (Å²) in [5.41, 5.74) is 3.70. The molecule has 0 spiro atoms. The lowest BCUT2D eigenvalue weighted by atomic mass is 9.85. The van der Waals surface area contributed by atoms with Gasteiger partial charge in [0.05, 0.1) is 33.8 Å². The Hall–Kier alpha value is -2.92. The largest absolute Gasteiger partial charge is 0.489 e. The predicted molar refractivity (Wildman–Crippen MR) is 179 cm³/mol. The quantitative estimate of drug-likeness (QED) is 0.220. The molecule has 2 aliphatic heterocycles. The molecule has 0 radical (unpaired) electrons. The number of anilines is 4. The number of aryl methyl sites for hydroxylation is 1. The van der Waals surface area contributed by atoms with Gasteiger partial charge in [-0.3, -0.25) is 0 Å². The predicted octanol–water partition coefficient (Wildman–Crippen LogP) is 6.83. The Bertz CT molecular complexity index is 1550.